The summed E-state index contributed by atoms with van der Waals surface area (Å²) in [4.78, 5) is 9.46. The molecule has 1 unspecified atom stereocenters. The first-order valence-electron chi connectivity index (χ1n) is 9.77. The molecule has 2 aromatic rings. The Labute approximate surface area is 161 Å². The number of hydrogen-bond acceptors (Lipinski definition) is 6. The molecule has 1 aliphatic carbocycles. The van der Waals surface area contributed by atoms with Gasteiger partial charge in [-0.3, -0.25) is 0 Å². The second kappa shape index (κ2) is 8.71. The van der Waals surface area contributed by atoms with Gasteiger partial charge in [0.15, 0.2) is 6.29 Å². The molecule has 0 radical (unpaired) electrons. The zero-order valence-corrected chi connectivity index (χ0v) is 16.6. The fourth-order valence-corrected chi connectivity index (χ4v) is 3.89. The van der Waals surface area contributed by atoms with Gasteiger partial charge in [-0.2, -0.15) is 4.98 Å². The number of fused-ring (bicyclic) bond motifs is 1. The van der Waals surface area contributed by atoms with E-state index >= 15 is 0 Å². The molecule has 1 fully saturated rings. The van der Waals surface area contributed by atoms with Crippen LogP contribution in [0.5, 0.6) is 0 Å². The molecule has 2 heterocycles. The summed E-state index contributed by atoms with van der Waals surface area (Å²) in [7, 11) is 1.96. The Morgan fingerprint density at radius 1 is 1.37 bits per heavy atom. The molecule has 3 N–H and O–H groups in total. The van der Waals surface area contributed by atoms with E-state index in [4.69, 9.17) is 20.2 Å². The van der Waals surface area contributed by atoms with Crippen LogP contribution in [0.4, 0.5) is 11.6 Å². The number of aryl methyl sites for hydroxylation is 1. The summed E-state index contributed by atoms with van der Waals surface area (Å²) in [6.45, 7) is 8.99. The maximum absolute atomic E-state index is 6.28. The van der Waals surface area contributed by atoms with Gasteiger partial charge in [0.1, 0.15) is 5.65 Å². The van der Waals surface area contributed by atoms with Crippen molar-refractivity contribution in [2.75, 3.05) is 24.2 Å². The summed E-state index contributed by atoms with van der Waals surface area (Å²) >= 11 is 0. The molecular formula is C20H31N5O2. The summed E-state index contributed by atoms with van der Waals surface area (Å²) in [5.74, 6) is 0.980. The van der Waals surface area contributed by atoms with E-state index in [2.05, 4.69) is 16.9 Å². The summed E-state index contributed by atoms with van der Waals surface area (Å²) in [5, 5.41) is 4.20. The lowest BCUT2D eigenvalue weighted by molar-refractivity contribution is -0.164. The van der Waals surface area contributed by atoms with Crippen LogP contribution in [-0.2, 0) is 16.5 Å². The van der Waals surface area contributed by atoms with Crippen LogP contribution >= 0.6 is 0 Å². The lowest BCUT2D eigenvalue weighted by atomic mass is 9.84. The molecule has 27 heavy (non-hydrogen) atoms. The maximum atomic E-state index is 6.28. The van der Waals surface area contributed by atoms with Crippen LogP contribution in [0, 0.1) is 0 Å². The minimum atomic E-state index is -0.151. The van der Waals surface area contributed by atoms with Crippen molar-refractivity contribution in [3.05, 3.63) is 24.5 Å². The van der Waals surface area contributed by atoms with E-state index in [0.717, 1.165) is 48.1 Å². The Balaban J connectivity index is 1.80. The number of ether oxygens (including phenoxy) is 2. The molecule has 148 valence electrons. The third-order valence-corrected chi connectivity index (χ3v) is 5.12. The van der Waals surface area contributed by atoms with Gasteiger partial charge in [0.05, 0.1) is 22.9 Å². The Kier molecular flexibility index (Phi) is 6.34. The number of nitrogens with one attached hydrogen (secondary N) is 1. The van der Waals surface area contributed by atoms with Crippen molar-refractivity contribution in [2.24, 2.45) is 7.05 Å². The van der Waals surface area contributed by atoms with Gasteiger partial charge >= 0.3 is 0 Å². The number of nitrogen functional groups attached to an aromatic ring is 1. The summed E-state index contributed by atoms with van der Waals surface area (Å²) in [6.07, 6.45) is 7.84. The quantitative estimate of drug-likeness (QED) is 0.543. The first-order valence-corrected chi connectivity index (χ1v) is 9.77. The minimum absolute atomic E-state index is 0.151. The van der Waals surface area contributed by atoms with Crippen LogP contribution in [0.15, 0.2) is 18.9 Å². The number of nitrogens with two attached hydrogens (primary N) is 1. The smallest absolute Gasteiger partial charge is 0.225 e. The van der Waals surface area contributed by atoms with Crippen LogP contribution < -0.4 is 11.1 Å². The molecule has 0 spiro atoms. The van der Waals surface area contributed by atoms with Crippen LogP contribution in [0.1, 0.15) is 51.1 Å². The van der Waals surface area contributed by atoms with Crippen molar-refractivity contribution in [3.8, 4) is 0 Å². The largest absolute Gasteiger partial charge is 0.397 e. The molecule has 3 rings (SSSR count). The van der Waals surface area contributed by atoms with E-state index in [9.17, 15) is 0 Å². The second-order valence-electron chi connectivity index (χ2n) is 7.13. The lowest BCUT2D eigenvalue weighted by Crippen LogP contribution is -2.26. The normalized spacial score (nSPS) is 21.3. The predicted molar refractivity (Wildman–Crippen MR) is 109 cm³/mol. The van der Waals surface area contributed by atoms with Crippen molar-refractivity contribution in [1.82, 2.24) is 14.5 Å². The summed E-state index contributed by atoms with van der Waals surface area (Å²) < 4.78 is 13.5. The molecule has 0 aromatic carbocycles. The van der Waals surface area contributed by atoms with Crippen molar-refractivity contribution >= 4 is 22.7 Å². The van der Waals surface area contributed by atoms with Gasteiger partial charge in [-0.1, -0.05) is 6.08 Å². The van der Waals surface area contributed by atoms with Crippen molar-refractivity contribution in [2.45, 2.75) is 57.8 Å². The van der Waals surface area contributed by atoms with Crippen LogP contribution in [-0.4, -0.2) is 40.1 Å². The highest BCUT2D eigenvalue weighted by Gasteiger charge is 2.28. The van der Waals surface area contributed by atoms with Crippen LogP contribution in [0.2, 0.25) is 0 Å². The first kappa shape index (κ1) is 19.6. The summed E-state index contributed by atoms with van der Waals surface area (Å²) in [6, 6.07) is 0. The molecule has 1 aliphatic rings. The maximum Gasteiger partial charge on any atom is 0.225 e. The zero-order valence-electron chi connectivity index (χ0n) is 16.6. The third-order valence-electron chi connectivity index (χ3n) is 5.12. The van der Waals surface area contributed by atoms with Gasteiger partial charge in [-0.05, 0) is 39.5 Å². The third kappa shape index (κ3) is 4.42. The highest BCUT2D eigenvalue weighted by atomic mass is 16.7. The van der Waals surface area contributed by atoms with Gasteiger partial charge < -0.3 is 25.1 Å². The van der Waals surface area contributed by atoms with E-state index in [1.54, 1.807) is 6.08 Å². The van der Waals surface area contributed by atoms with Crippen molar-refractivity contribution < 1.29 is 9.47 Å². The molecule has 0 saturated heterocycles. The highest BCUT2D eigenvalue weighted by molar-refractivity contribution is 5.92. The van der Waals surface area contributed by atoms with Gasteiger partial charge in [0, 0.05) is 32.3 Å². The topological polar surface area (TPSA) is 87.2 Å². The highest BCUT2D eigenvalue weighted by Crippen LogP contribution is 2.38. The van der Waals surface area contributed by atoms with Gasteiger partial charge in [-0.25, -0.2) is 4.98 Å². The number of rotatable bonds is 8. The minimum Gasteiger partial charge on any atom is -0.397 e. The van der Waals surface area contributed by atoms with E-state index in [0.29, 0.717) is 25.0 Å². The standard InChI is InChI=1S/C20H31N5O2/c1-5-11-22-20-23-18(17-16(21)12-25(4)19(17)24-20)14-7-9-15(10-8-14)27-13(3)26-6-2/h5,12-15H,1,6-11,21H2,2-4H3,(H,22,23,24). The molecule has 0 amide bonds. The number of aromatic nitrogens is 3. The van der Waals surface area contributed by atoms with Crippen molar-refractivity contribution in [1.29, 1.82) is 0 Å². The van der Waals surface area contributed by atoms with Gasteiger partial charge in [0.25, 0.3) is 0 Å². The SMILES string of the molecule is C=CCNc1nc(C2CCC(OC(C)OCC)CC2)c2c(N)cn(C)c2n1. The fraction of sp³-hybridized carbons (Fsp3) is 0.600. The number of hydrogen-bond donors (Lipinski definition) is 2. The van der Waals surface area contributed by atoms with E-state index < -0.39 is 0 Å². The Morgan fingerprint density at radius 2 is 2.11 bits per heavy atom. The fourth-order valence-electron chi connectivity index (χ4n) is 3.89. The number of anilines is 2. The molecule has 1 atom stereocenters. The Hall–Kier alpha value is -2.12. The van der Waals surface area contributed by atoms with Crippen LogP contribution in [0.3, 0.4) is 0 Å². The molecular weight excluding hydrogens is 342 g/mol. The average Bonchev–Trinajstić information content (AvgIpc) is 2.94. The van der Waals surface area contributed by atoms with E-state index in [1.165, 1.54) is 0 Å². The lowest BCUT2D eigenvalue weighted by Gasteiger charge is -2.30. The number of nitrogens with zero attached hydrogens (tertiary/aromatic N) is 3. The molecule has 7 heteroatoms. The summed E-state index contributed by atoms with van der Waals surface area (Å²) in [5.41, 5.74) is 8.93. The van der Waals surface area contributed by atoms with E-state index in [1.807, 2.05) is 31.7 Å². The zero-order chi connectivity index (χ0) is 19.4. The van der Waals surface area contributed by atoms with Crippen molar-refractivity contribution in [3.63, 3.8) is 0 Å². The molecule has 2 aromatic heterocycles. The molecule has 1 saturated carbocycles. The average molecular weight is 374 g/mol. The Morgan fingerprint density at radius 3 is 2.78 bits per heavy atom. The molecule has 7 nitrogen and oxygen atoms in total. The molecule has 0 bridgehead atoms. The monoisotopic (exact) mass is 373 g/mol. The molecule has 0 aliphatic heterocycles. The Bertz CT molecular complexity index is 780. The van der Waals surface area contributed by atoms with Gasteiger partial charge in [0.2, 0.25) is 5.95 Å². The van der Waals surface area contributed by atoms with Crippen LogP contribution in [0.25, 0.3) is 11.0 Å². The van der Waals surface area contributed by atoms with E-state index in [-0.39, 0.29) is 12.4 Å². The first-order chi connectivity index (χ1) is 13.0. The van der Waals surface area contributed by atoms with Gasteiger partial charge in [-0.15, -0.1) is 6.58 Å². The second-order valence-corrected chi connectivity index (χ2v) is 7.13. The predicted octanol–water partition coefficient (Wildman–Crippen LogP) is 3.57.